The Morgan fingerprint density at radius 2 is 1.19 bits per heavy atom. The van der Waals surface area contributed by atoms with Crippen molar-refractivity contribution in [3.63, 3.8) is 0 Å². The van der Waals surface area contributed by atoms with Gasteiger partial charge in [0.15, 0.2) is 0 Å². The van der Waals surface area contributed by atoms with Crippen molar-refractivity contribution in [3.05, 3.63) is 150 Å². The van der Waals surface area contributed by atoms with Gasteiger partial charge in [-0.1, -0.05) is 127 Å². The number of hydrogen-bond acceptors (Lipinski definition) is 0. The number of rotatable bonds is 3. The highest BCUT2D eigenvalue weighted by Crippen LogP contribution is 2.62. The standard InChI is InChI=1S/C31H21B/c1-2-3-14-25-29-22(21-12-5-4-6-13-21)17-11-20-28(29)31(30(25)32)26-18-9-7-15-23(26)24-16-8-10-19-27(24)31/h2-20H,1H2/b14-3-. The average Bonchev–Trinajstić information content (AvgIpc) is 3.29. The molecule has 0 unspecified atom stereocenters. The molecule has 0 amide bonds. The summed E-state index contributed by atoms with van der Waals surface area (Å²) in [6.45, 7) is 3.89. The van der Waals surface area contributed by atoms with Crippen molar-refractivity contribution in [2.24, 2.45) is 0 Å². The predicted octanol–water partition coefficient (Wildman–Crippen LogP) is 7.30. The predicted molar refractivity (Wildman–Crippen MR) is 136 cm³/mol. The topological polar surface area (TPSA) is 0 Å². The van der Waals surface area contributed by atoms with Crippen LogP contribution in [-0.2, 0) is 5.41 Å². The Labute approximate surface area is 190 Å². The van der Waals surface area contributed by atoms with Crippen LogP contribution in [0.3, 0.4) is 0 Å². The van der Waals surface area contributed by atoms with E-state index >= 15 is 0 Å². The molecule has 0 fully saturated rings. The lowest BCUT2D eigenvalue weighted by Gasteiger charge is -2.32. The average molecular weight is 404 g/mol. The van der Waals surface area contributed by atoms with Gasteiger partial charge < -0.3 is 0 Å². The van der Waals surface area contributed by atoms with Gasteiger partial charge in [-0.15, -0.1) is 0 Å². The molecule has 0 aromatic heterocycles. The van der Waals surface area contributed by atoms with E-state index in [0.717, 1.165) is 11.0 Å². The molecule has 0 nitrogen and oxygen atoms in total. The Kier molecular flexibility index (Phi) is 4.19. The number of hydrogen-bond donors (Lipinski definition) is 0. The zero-order valence-electron chi connectivity index (χ0n) is 17.8. The lowest BCUT2D eigenvalue weighted by atomic mass is 9.63. The molecule has 0 heterocycles. The summed E-state index contributed by atoms with van der Waals surface area (Å²) in [4.78, 5) is 0. The fourth-order valence-corrected chi connectivity index (χ4v) is 5.65. The molecule has 148 valence electrons. The Morgan fingerprint density at radius 3 is 1.84 bits per heavy atom. The Bertz CT molecular complexity index is 1390. The van der Waals surface area contributed by atoms with Gasteiger partial charge in [0.2, 0.25) is 0 Å². The molecule has 4 aromatic rings. The smallest absolute Gasteiger partial charge is 0.0991 e. The van der Waals surface area contributed by atoms with E-state index in [1.807, 2.05) is 12.2 Å². The van der Waals surface area contributed by atoms with Crippen molar-refractivity contribution in [1.82, 2.24) is 0 Å². The molecule has 0 atom stereocenters. The number of benzene rings is 4. The molecule has 2 aliphatic rings. The van der Waals surface area contributed by atoms with Crippen molar-refractivity contribution in [3.8, 4) is 22.3 Å². The summed E-state index contributed by atoms with van der Waals surface area (Å²) >= 11 is 0. The van der Waals surface area contributed by atoms with Crippen LogP contribution in [0.5, 0.6) is 0 Å². The maximum absolute atomic E-state index is 7.18. The van der Waals surface area contributed by atoms with Crippen molar-refractivity contribution in [2.45, 2.75) is 5.41 Å². The molecular weight excluding hydrogens is 383 g/mol. The molecule has 0 aliphatic heterocycles. The first-order valence-electron chi connectivity index (χ1n) is 11.0. The van der Waals surface area contributed by atoms with Crippen LogP contribution in [0, 0.1) is 0 Å². The molecule has 32 heavy (non-hydrogen) atoms. The van der Waals surface area contributed by atoms with Gasteiger partial charge in [-0.25, -0.2) is 0 Å². The summed E-state index contributed by atoms with van der Waals surface area (Å²) in [6.07, 6.45) is 5.91. The minimum atomic E-state index is -0.492. The van der Waals surface area contributed by atoms with Gasteiger partial charge in [0.05, 0.1) is 5.41 Å². The van der Waals surface area contributed by atoms with Crippen LogP contribution in [0.15, 0.2) is 127 Å². The lowest BCUT2D eigenvalue weighted by molar-refractivity contribution is 0.805. The van der Waals surface area contributed by atoms with Gasteiger partial charge in [0.1, 0.15) is 7.85 Å². The largest absolute Gasteiger partial charge is 0.110 e. The van der Waals surface area contributed by atoms with Crippen LogP contribution in [0.1, 0.15) is 22.3 Å². The summed E-state index contributed by atoms with van der Waals surface area (Å²) in [5, 5.41) is 0. The van der Waals surface area contributed by atoms with Crippen molar-refractivity contribution >= 4 is 13.4 Å². The van der Waals surface area contributed by atoms with E-state index in [1.54, 1.807) is 0 Å². The highest BCUT2D eigenvalue weighted by molar-refractivity contribution is 6.31. The molecule has 1 heteroatoms. The molecule has 0 bridgehead atoms. The second-order valence-electron chi connectivity index (χ2n) is 8.36. The number of fused-ring (bicyclic) bond motifs is 7. The summed E-state index contributed by atoms with van der Waals surface area (Å²) in [7, 11) is 7.18. The maximum Gasteiger partial charge on any atom is 0.110 e. The Hall–Kier alpha value is -3.84. The minimum absolute atomic E-state index is 0.492. The maximum atomic E-state index is 7.18. The van der Waals surface area contributed by atoms with Crippen LogP contribution in [0.25, 0.3) is 27.8 Å². The third-order valence-electron chi connectivity index (χ3n) is 6.87. The zero-order chi connectivity index (χ0) is 21.7. The normalized spacial score (nSPS) is 15.1. The summed E-state index contributed by atoms with van der Waals surface area (Å²) in [5.41, 5.74) is 11.3. The molecular formula is C31H21B. The fourth-order valence-electron chi connectivity index (χ4n) is 5.65. The van der Waals surface area contributed by atoms with E-state index in [-0.39, 0.29) is 0 Å². The molecule has 0 saturated heterocycles. The van der Waals surface area contributed by atoms with Crippen LogP contribution in [0.4, 0.5) is 0 Å². The Balaban J connectivity index is 1.78. The quantitative estimate of drug-likeness (QED) is 0.248. The van der Waals surface area contributed by atoms with Gasteiger partial charge in [-0.05, 0) is 50.1 Å². The van der Waals surface area contributed by atoms with E-state index < -0.39 is 5.41 Å². The second-order valence-corrected chi connectivity index (χ2v) is 8.36. The first kappa shape index (κ1) is 18.9. The van der Waals surface area contributed by atoms with Gasteiger partial charge >= 0.3 is 0 Å². The van der Waals surface area contributed by atoms with Crippen LogP contribution in [0.2, 0.25) is 0 Å². The van der Waals surface area contributed by atoms with Crippen LogP contribution in [-0.4, -0.2) is 7.85 Å². The second kappa shape index (κ2) is 7.10. The van der Waals surface area contributed by atoms with E-state index in [4.69, 9.17) is 7.85 Å². The summed E-state index contributed by atoms with van der Waals surface area (Å²) in [6, 6.07) is 34.6. The minimum Gasteiger partial charge on any atom is -0.0991 e. The van der Waals surface area contributed by atoms with E-state index in [0.29, 0.717) is 0 Å². The molecule has 2 aliphatic carbocycles. The van der Waals surface area contributed by atoms with Crippen molar-refractivity contribution in [2.75, 3.05) is 0 Å². The van der Waals surface area contributed by atoms with Gasteiger partial charge in [0.25, 0.3) is 0 Å². The molecule has 2 radical (unpaired) electrons. The zero-order valence-corrected chi connectivity index (χ0v) is 17.8. The third-order valence-corrected chi connectivity index (χ3v) is 6.87. The monoisotopic (exact) mass is 404 g/mol. The third kappa shape index (κ3) is 2.34. The van der Waals surface area contributed by atoms with Gasteiger partial charge in [-0.2, -0.15) is 0 Å². The first-order valence-corrected chi connectivity index (χ1v) is 11.0. The van der Waals surface area contributed by atoms with Crippen molar-refractivity contribution < 1.29 is 0 Å². The lowest BCUT2D eigenvalue weighted by Crippen LogP contribution is -2.27. The van der Waals surface area contributed by atoms with Crippen molar-refractivity contribution in [1.29, 1.82) is 0 Å². The highest BCUT2D eigenvalue weighted by atomic mass is 14.5. The van der Waals surface area contributed by atoms with E-state index in [1.165, 1.54) is 44.5 Å². The summed E-state index contributed by atoms with van der Waals surface area (Å²) < 4.78 is 0. The molecule has 0 saturated carbocycles. The Morgan fingerprint density at radius 1 is 0.625 bits per heavy atom. The summed E-state index contributed by atoms with van der Waals surface area (Å²) in [5.74, 6) is 0. The first-order chi connectivity index (χ1) is 15.8. The SMILES string of the molecule is [B]C1=C(/C=C\C=C)c2c(-c3ccccc3)cccc2C12c1ccccc1-c1ccccc12. The van der Waals surface area contributed by atoms with Crippen LogP contribution >= 0.6 is 0 Å². The molecule has 1 spiro atoms. The highest BCUT2D eigenvalue weighted by Gasteiger charge is 2.50. The molecule has 4 aromatic carbocycles. The van der Waals surface area contributed by atoms with E-state index in [9.17, 15) is 0 Å². The fraction of sp³-hybridized carbons (Fsp3) is 0.0323. The van der Waals surface area contributed by atoms with E-state index in [2.05, 4.69) is 110 Å². The van der Waals surface area contributed by atoms with Crippen LogP contribution < -0.4 is 0 Å². The van der Waals surface area contributed by atoms with Gasteiger partial charge in [0, 0.05) is 0 Å². The molecule has 0 N–H and O–H groups in total. The molecule has 6 rings (SSSR count). The number of allylic oxidation sites excluding steroid dienone is 5. The van der Waals surface area contributed by atoms with Gasteiger partial charge in [-0.3, -0.25) is 0 Å².